The average molecular weight is 396 g/mol. The Kier molecular flexibility index (Phi) is 5.94. The van der Waals surface area contributed by atoms with Gasteiger partial charge in [0.15, 0.2) is 0 Å². The maximum absolute atomic E-state index is 12.8. The van der Waals surface area contributed by atoms with Crippen molar-refractivity contribution in [1.82, 2.24) is 24.9 Å². The zero-order valence-corrected chi connectivity index (χ0v) is 17.0. The number of aromatic nitrogens is 2. The molecule has 1 aromatic carbocycles. The van der Waals surface area contributed by atoms with Gasteiger partial charge >= 0.3 is 0 Å². The molecular formula is C22H29N5O2. The van der Waals surface area contributed by atoms with Gasteiger partial charge in [-0.25, -0.2) is 0 Å². The number of aryl methyl sites for hydroxylation is 1. The predicted octanol–water partition coefficient (Wildman–Crippen LogP) is 1.64. The van der Waals surface area contributed by atoms with Gasteiger partial charge in [0.05, 0.1) is 12.5 Å². The fourth-order valence-corrected chi connectivity index (χ4v) is 4.12. The fraction of sp³-hybridized carbons (Fsp3) is 0.500. The SMILES string of the molecule is Cc1ccccc1CC(=O)N1CCN(C(=O)c2ccn(C3CCCNC3)n2)CC1. The number of hydrogen-bond acceptors (Lipinski definition) is 4. The third-order valence-electron chi connectivity index (χ3n) is 5.99. The molecule has 1 aromatic heterocycles. The summed E-state index contributed by atoms with van der Waals surface area (Å²) in [6.07, 6.45) is 4.55. The Labute approximate surface area is 171 Å². The molecular weight excluding hydrogens is 366 g/mol. The molecule has 1 atom stereocenters. The molecule has 29 heavy (non-hydrogen) atoms. The van der Waals surface area contributed by atoms with E-state index in [1.807, 2.05) is 57.9 Å². The van der Waals surface area contributed by atoms with Gasteiger partial charge in [-0.15, -0.1) is 0 Å². The molecule has 1 unspecified atom stereocenters. The van der Waals surface area contributed by atoms with Crippen molar-refractivity contribution in [3.05, 3.63) is 53.3 Å². The third-order valence-corrected chi connectivity index (χ3v) is 5.99. The van der Waals surface area contributed by atoms with Crippen molar-refractivity contribution in [3.8, 4) is 0 Å². The molecule has 2 aromatic rings. The van der Waals surface area contributed by atoms with Crippen molar-refractivity contribution in [1.29, 1.82) is 0 Å². The molecule has 1 N–H and O–H groups in total. The van der Waals surface area contributed by atoms with E-state index >= 15 is 0 Å². The van der Waals surface area contributed by atoms with Crippen LogP contribution in [0.15, 0.2) is 36.5 Å². The van der Waals surface area contributed by atoms with Crippen molar-refractivity contribution in [3.63, 3.8) is 0 Å². The number of piperazine rings is 1. The van der Waals surface area contributed by atoms with E-state index in [9.17, 15) is 9.59 Å². The predicted molar refractivity (Wildman–Crippen MR) is 111 cm³/mol. The summed E-state index contributed by atoms with van der Waals surface area (Å²) >= 11 is 0. The number of nitrogens with one attached hydrogen (secondary N) is 1. The van der Waals surface area contributed by atoms with Crippen LogP contribution in [0.5, 0.6) is 0 Å². The van der Waals surface area contributed by atoms with E-state index < -0.39 is 0 Å². The lowest BCUT2D eigenvalue weighted by Crippen LogP contribution is -2.51. The number of hydrogen-bond donors (Lipinski definition) is 1. The molecule has 7 heteroatoms. The molecule has 2 saturated heterocycles. The molecule has 2 amide bonds. The standard InChI is InChI=1S/C22H29N5O2/c1-17-5-2-3-6-18(17)15-21(28)25-11-13-26(14-12-25)22(29)20-8-10-27(24-20)19-7-4-9-23-16-19/h2-3,5-6,8,10,19,23H,4,7,9,11-16H2,1H3. The monoisotopic (exact) mass is 395 g/mol. The Morgan fingerprint density at radius 1 is 1.10 bits per heavy atom. The van der Waals surface area contributed by atoms with E-state index in [-0.39, 0.29) is 11.8 Å². The summed E-state index contributed by atoms with van der Waals surface area (Å²) in [4.78, 5) is 29.2. The minimum atomic E-state index is -0.0430. The normalized spacial score (nSPS) is 20.0. The number of amides is 2. The summed E-state index contributed by atoms with van der Waals surface area (Å²) in [7, 11) is 0. The van der Waals surface area contributed by atoms with Gasteiger partial charge in [-0.1, -0.05) is 24.3 Å². The highest BCUT2D eigenvalue weighted by Gasteiger charge is 2.27. The number of benzene rings is 1. The van der Waals surface area contributed by atoms with Crippen LogP contribution < -0.4 is 5.32 Å². The minimum absolute atomic E-state index is 0.0430. The molecule has 7 nitrogen and oxygen atoms in total. The summed E-state index contributed by atoms with van der Waals surface area (Å²) in [6.45, 7) is 6.23. The highest BCUT2D eigenvalue weighted by atomic mass is 16.2. The molecule has 2 aliphatic rings. The average Bonchev–Trinajstić information content (AvgIpc) is 3.26. The quantitative estimate of drug-likeness (QED) is 0.855. The molecule has 154 valence electrons. The Balaban J connectivity index is 1.31. The Morgan fingerprint density at radius 3 is 2.59 bits per heavy atom. The first-order chi connectivity index (χ1) is 14.1. The van der Waals surface area contributed by atoms with E-state index in [0.29, 0.717) is 44.3 Å². The van der Waals surface area contributed by atoms with Gasteiger partial charge in [0, 0.05) is 38.9 Å². The lowest BCUT2D eigenvalue weighted by atomic mass is 10.1. The van der Waals surface area contributed by atoms with Gasteiger partial charge in [0.1, 0.15) is 5.69 Å². The van der Waals surface area contributed by atoms with E-state index in [2.05, 4.69) is 10.4 Å². The van der Waals surface area contributed by atoms with Crippen molar-refractivity contribution >= 4 is 11.8 Å². The van der Waals surface area contributed by atoms with Crippen molar-refractivity contribution < 1.29 is 9.59 Å². The number of piperidine rings is 1. The van der Waals surface area contributed by atoms with Crippen LogP contribution in [-0.2, 0) is 11.2 Å². The van der Waals surface area contributed by atoms with Gasteiger partial charge in [0.25, 0.3) is 5.91 Å². The maximum atomic E-state index is 12.8. The highest BCUT2D eigenvalue weighted by Crippen LogP contribution is 2.17. The van der Waals surface area contributed by atoms with Crippen molar-refractivity contribution in [2.75, 3.05) is 39.3 Å². The molecule has 0 spiro atoms. The zero-order chi connectivity index (χ0) is 20.2. The first kappa shape index (κ1) is 19.6. The van der Waals surface area contributed by atoms with E-state index in [0.717, 1.165) is 37.1 Å². The Bertz CT molecular complexity index is 864. The van der Waals surface area contributed by atoms with E-state index in [1.54, 1.807) is 0 Å². The van der Waals surface area contributed by atoms with Crippen molar-refractivity contribution in [2.45, 2.75) is 32.2 Å². The van der Waals surface area contributed by atoms with Gasteiger partial charge in [-0.05, 0) is 43.5 Å². The second-order valence-electron chi connectivity index (χ2n) is 7.96. The number of rotatable bonds is 4. The molecule has 2 aliphatic heterocycles. The lowest BCUT2D eigenvalue weighted by molar-refractivity contribution is -0.131. The van der Waals surface area contributed by atoms with Gasteiger partial charge in [-0.2, -0.15) is 5.10 Å². The number of carbonyl (C=O) groups is 2. The van der Waals surface area contributed by atoms with Crippen LogP contribution in [-0.4, -0.2) is 70.7 Å². The molecule has 4 rings (SSSR count). The van der Waals surface area contributed by atoms with E-state index in [4.69, 9.17) is 0 Å². The largest absolute Gasteiger partial charge is 0.339 e. The molecule has 0 radical (unpaired) electrons. The zero-order valence-electron chi connectivity index (χ0n) is 17.0. The van der Waals surface area contributed by atoms with Crippen LogP contribution in [0.1, 0.15) is 40.5 Å². The van der Waals surface area contributed by atoms with Crippen LogP contribution in [0, 0.1) is 6.92 Å². The Morgan fingerprint density at radius 2 is 1.86 bits per heavy atom. The molecule has 0 bridgehead atoms. The topological polar surface area (TPSA) is 70.5 Å². The summed E-state index contributed by atoms with van der Waals surface area (Å²) in [5.74, 6) is 0.0824. The summed E-state index contributed by atoms with van der Waals surface area (Å²) in [5, 5.41) is 7.91. The first-order valence-corrected chi connectivity index (χ1v) is 10.5. The first-order valence-electron chi connectivity index (χ1n) is 10.5. The Hall–Kier alpha value is -2.67. The molecule has 2 fully saturated rings. The summed E-state index contributed by atoms with van der Waals surface area (Å²) < 4.78 is 1.92. The second-order valence-corrected chi connectivity index (χ2v) is 7.96. The van der Waals surface area contributed by atoms with E-state index in [1.165, 1.54) is 0 Å². The van der Waals surface area contributed by atoms with Crippen LogP contribution in [0.2, 0.25) is 0 Å². The van der Waals surface area contributed by atoms with Gasteiger partial charge < -0.3 is 15.1 Å². The minimum Gasteiger partial charge on any atom is -0.339 e. The number of nitrogens with zero attached hydrogens (tertiary/aromatic N) is 4. The molecule has 0 aliphatic carbocycles. The van der Waals surface area contributed by atoms with Crippen LogP contribution in [0.4, 0.5) is 0 Å². The van der Waals surface area contributed by atoms with Gasteiger partial charge in [-0.3, -0.25) is 14.3 Å². The number of carbonyl (C=O) groups excluding carboxylic acids is 2. The maximum Gasteiger partial charge on any atom is 0.274 e. The summed E-state index contributed by atoms with van der Waals surface area (Å²) in [6, 6.07) is 10.1. The molecule has 3 heterocycles. The van der Waals surface area contributed by atoms with Crippen LogP contribution in [0.25, 0.3) is 0 Å². The lowest BCUT2D eigenvalue weighted by Gasteiger charge is -2.34. The third kappa shape index (κ3) is 4.50. The smallest absolute Gasteiger partial charge is 0.274 e. The fourth-order valence-electron chi connectivity index (χ4n) is 4.12. The van der Waals surface area contributed by atoms with Crippen LogP contribution >= 0.6 is 0 Å². The second kappa shape index (κ2) is 8.78. The summed E-state index contributed by atoms with van der Waals surface area (Å²) in [5.41, 5.74) is 2.70. The van der Waals surface area contributed by atoms with Crippen LogP contribution in [0.3, 0.4) is 0 Å². The highest BCUT2D eigenvalue weighted by molar-refractivity contribution is 5.92. The van der Waals surface area contributed by atoms with Gasteiger partial charge in [0.2, 0.25) is 5.91 Å². The van der Waals surface area contributed by atoms with Crippen molar-refractivity contribution in [2.24, 2.45) is 0 Å². The molecule has 0 saturated carbocycles.